The Morgan fingerprint density at radius 3 is 2.84 bits per heavy atom. The number of rotatable bonds is 5. The molecule has 0 N–H and O–H groups in total. The van der Waals surface area contributed by atoms with Gasteiger partial charge in [0.05, 0.1) is 6.20 Å². The maximum absolute atomic E-state index is 13.0. The number of piperazine rings is 1. The molecule has 0 bridgehead atoms. The zero-order valence-electron chi connectivity index (χ0n) is 14.7. The molecule has 1 aliphatic heterocycles. The predicted octanol–water partition coefficient (Wildman–Crippen LogP) is 2.11. The van der Waals surface area contributed by atoms with E-state index < -0.39 is 0 Å². The van der Waals surface area contributed by atoms with Gasteiger partial charge in [0.1, 0.15) is 17.5 Å². The first kappa shape index (κ1) is 17.4. The molecule has 25 heavy (non-hydrogen) atoms. The number of carbonyl (C=O) groups is 1. The number of hydrogen-bond acceptors (Lipinski definition) is 4. The molecule has 7 heteroatoms. The molecular weight excluding hydrogens is 321 g/mol. The van der Waals surface area contributed by atoms with Crippen molar-refractivity contribution in [3.63, 3.8) is 0 Å². The Labute approximate surface area is 147 Å². The first-order valence-electron chi connectivity index (χ1n) is 8.74. The average molecular weight is 345 g/mol. The van der Waals surface area contributed by atoms with Crippen LogP contribution < -0.4 is 4.90 Å². The molecule has 134 valence electrons. The van der Waals surface area contributed by atoms with Crippen LogP contribution >= 0.6 is 0 Å². The van der Waals surface area contributed by atoms with Gasteiger partial charge in [-0.15, -0.1) is 0 Å². The third-order valence-corrected chi connectivity index (χ3v) is 4.67. The van der Waals surface area contributed by atoms with Gasteiger partial charge in [-0.3, -0.25) is 4.79 Å². The van der Waals surface area contributed by atoms with Crippen LogP contribution in [0.5, 0.6) is 0 Å². The molecule has 1 saturated heterocycles. The summed E-state index contributed by atoms with van der Waals surface area (Å²) in [7, 11) is 0. The largest absolute Gasteiger partial charge is 0.350 e. The van der Waals surface area contributed by atoms with Crippen molar-refractivity contribution in [2.75, 3.05) is 24.5 Å². The molecule has 0 spiro atoms. The highest BCUT2D eigenvalue weighted by atomic mass is 19.1. The summed E-state index contributed by atoms with van der Waals surface area (Å²) in [5.74, 6) is 1.59. The fourth-order valence-corrected chi connectivity index (χ4v) is 3.29. The average Bonchev–Trinajstić information content (AvgIpc) is 3.08. The van der Waals surface area contributed by atoms with E-state index in [0.717, 1.165) is 18.1 Å². The number of aryl methyl sites for hydroxylation is 2. The number of amides is 1. The van der Waals surface area contributed by atoms with Gasteiger partial charge in [0, 0.05) is 57.5 Å². The van der Waals surface area contributed by atoms with E-state index in [9.17, 15) is 9.18 Å². The molecule has 1 fully saturated rings. The third kappa shape index (κ3) is 3.97. The third-order valence-electron chi connectivity index (χ3n) is 4.67. The van der Waals surface area contributed by atoms with Crippen LogP contribution in [0.2, 0.25) is 0 Å². The van der Waals surface area contributed by atoms with E-state index in [0.29, 0.717) is 32.6 Å². The lowest BCUT2D eigenvalue weighted by molar-refractivity contribution is -0.132. The van der Waals surface area contributed by atoms with Crippen molar-refractivity contribution in [1.29, 1.82) is 0 Å². The van der Waals surface area contributed by atoms with E-state index in [-0.39, 0.29) is 17.8 Å². The van der Waals surface area contributed by atoms with Crippen LogP contribution in [0.25, 0.3) is 0 Å². The number of carbonyl (C=O) groups excluding carboxylic acids is 1. The Bertz CT molecular complexity index is 715. The molecule has 3 heterocycles. The van der Waals surface area contributed by atoms with Gasteiger partial charge >= 0.3 is 0 Å². The zero-order chi connectivity index (χ0) is 17.8. The molecule has 1 aliphatic rings. The number of aromatic nitrogens is 3. The lowest BCUT2D eigenvalue weighted by Gasteiger charge is -2.40. The van der Waals surface area contributed by atoms with E-state index in [1.165, 1.54) is 12.3 Å². The summed E-state index contributed by atoms with van der Waals surface area (Å²) in [5.41, 5.74) is 0. The second-order valence-corrected chi connectivity index (χ2v) is 6.36. The maximum atomic E-state index is 13.0. The first-order valence-corrected chi connectivity index (χ1v) is 8.74. The summed E-state index contributed by atoms with van der Waals surface area (Å²) in [5, 5.41) is 0. The fourth-order valence-electron chi connectivity index (χ4n) is 3.29. The minimum Gasteiger partial charge on any atom is -0.350 e. The molecule has 2 aromatic heterocycles. The number of pyridine rings is 1. The van der Waals surface area contributed by atoms with Gasteiger partial charge in [0.2, 0.25) is 5.91 Å². The van der Waals surface area contributed by atoms with Gasteiger partial charge in [-0.25, -0.2) is 14.4 Å². The summed E-state index contributed by atoms with van der Waals surface area (Å²) in [6, 6.07) is 3.26. The van der Waals surface area contributed by atoms with Crippen molar-refractivity contribution >= 4 is 11.7 Å². The Morgan fingerprint density at radius 1 is 1.32 bits per heavy atom. The number of imidazole rings is 1. The highest BCUT2D eigenvalue weighted by Crippen LogP contribution is 2.19. The minimum atomic E-state index is -0.337. The molecule has 1 amide bonds. The van der Waals surface area contributed by atoms with Gasteiger partial charge in [-0.05, 0) is 19.1 Å². The van der Waals surface area contributed by atoms with E-state index in [1.807, 2.05) is 15.7 Å². The maximum Gasteiger partial charge on any atom is 0.224 e. The Morgan fingerprint density at radius 2 is 2.16 bits per heavy atom. The first-order chi connectivity index (χ1) is 12.1. The highest BCUT2D eigenvalue weighted by molar-refractivity contribution is 5.76. The van der Waals surface area contributed by atoms with Crippen LogP contribution in [0.15, 0.2) is 30.7 Å². The minimum absolute atomic E-state index is 0.148. The lowest BCUT2D eigenvalue weighted by atomic mass is 10.1. The standard InChI is InChI=1S/C18H24FN5O/c1-3-16-20-7-9-22(16)8-6-18(25)23-10-11-24(14(2)13-23)17-5-4-15(19)12-21-17/h4-5,7,9,12,14H,3,6,8,10-11,13H2,1-2H3. The van der Waals surface area contributed by atoms with Crippen molar-refractivity contribution in [2.45, 2.75) is 39.3 Å². The molecule has 0 aromatic carbocycles. The summed E-state index contributed by atoms with van der Waals surface area (Å²) >= 11 is 0. The van der Waals surface area contributed by atoms with Crippen molar-refractivity contribution in [1.82, 2.24) is 19.4 Å². The van der Waals surface area contributed by atoms with Crippen LogP contribution in [0.4, 0.5) is 10.2 Å². The summed E-state index contributed by atoms with van der Waals surface area (Å²) < 4.78 is 15.1. The Balaban J connectivity index is 1.55. The second kappa shape index (κ2) is 7.63. The molecule has 0 radical (unpaired) electrons. The number of hydrogen-bond donors (Lipinski definition) is 0. The van der Waals surface area contributed by atoms with Crippen LogP contribution in [-0.2, 0) is 17.8 Å². The predicted molar refractivity (Wildman–Crippen MR) is 93.8 cm³/mol. The van der Waals surface area contributed by atoms with Crippen LogP contribution in [-0.4, -0.2) is 51.0 Å². The topological polar surface area (TPSA) is 54.3 Å². The fraction of sp³-hybridized carbons (Fsp3) is 0.500. The van der Waals surface area contributed by atoms with Crippen molar-refractivity contribution in [3.05, 3.63) is 42.4 Å². The molecule has 3 rings (SSSR count). The Hall–Kier alpha value is -2.44. The van der Waals surface area contributed by atoms with E-state index >= 15 is 0 Å². The van der Waals surface area contributed by atoms with Gasteiger partial charge < -0.3 is 14.4 Å². The quantitative estimate of drug-likeness (QED) is 0.833. The van der Waals surface area contributed by atoms with E-state index in [1.54, 1.807) is 12.3 Å². The second-order valence-electron chi connectivity index (χ2n) is 6.36. The van der Waals surface area contributed by atoms with Crippen LogP contribution in [0, 0.1) is 5.82 Å². The van der Waals surface area contributed by atoms with Crippen molar-refractivity contribution in [3.8, 4) is 0 Å². The Kier molecular flexibility index (Phi) is 5.31. The molecule has 0 aliphatic carbocycles. The summed E-state index contributed by atoms with van der Waals surface area (Å²) in [6.07, 6.45) is 6.27. The summed E-state index contributed by atoms with van der Waals surface area (Å²) in [6.45, 7) is 6.81. The molecule has 1 unspecified atom stereocenters. The van der Waals surface area contributed by atoms with Crippen molar-refractivity contribution in [2.24, 2.45) is 0 Å². The normalized spacial score (nSPS) is 17.8. The van der Waals surface area contributed by atoms with Gasteiger partial charge in [-0.2, -0.15) is 0 Å². The number of halogens is 1. The van der Waals surface area contributed by atoms with Gasteiger partial charge in [0.25, 0.3) is 0 Å². The highest BCUT2D eigenvalue weighted by Gasteiger charge is 2.27. The molecule has 1 atom stereocenters. The van der Waals surface area contributed by atoms with Gasteiger partial charge in [0.15, 0.2) is 0 Å². The van der Waals surface area contributed by atoms with Crippen LogP contribution in [0.3, 0.4) is 0 Å². The van der Waals surface area contributed by atoms with E-state index in [2.05, 4.69) is 28.7 Å². The smallest absolute Gasteiger partial charge is 0.224 e. The molecule has 0 saturated carbocycles. The summed E-state index contributed by atoms with van der Waals surface area (Å²) in [4.78, 5) is 25.0. The molecular formula is C18H24FN5O. The van der Waals surface area contributed by atoms with E-state index in [4.69, 9.17) is 0 Å². The molecule has 2 aromatic rings. The number of anilines is 1. The molecule has 6 nitrogen and oxygen atoms in total. The van der Waals surface area contributed by atoms with Gasteiger partial charge in [-0.1, -0.05) is 6.92 Å². The zero-order valence-corrected chi connectivity index (χ0v) is 14.7. The lowest BCUT2D eigenvalue weighted by Crippen LogP contribution is -2.54. The number of nitrogens with zero attached hydrogens (tertiary/aromatic N) is 5. The SMILES string of the molecule is CCc1nccn1CCC(=O)N1CCN(c2ccc(F)cn2)C(C)C1. The van der Waals surface area contributed by atoms with Crippen molar-refractivity contribution < 1.29 is 9.18 Å². The van der Waals surface area contributed by atoms with Crippen LogP contribution in [0.1, 0.15) is 26.1 Å². The monoisotopic (exact) mass is 345 g/mol.